The molecule has 8 heteroatoms. The van der Waals surface area contributed by atoms with Crippen LogP contribution in [0.5, 0.6) is 0 Å². The molecule has 170 valence electrons. The average molecular weight is 464 g/mol. The molecule has 0 bridgehead atoms. The van der Waals surface area contributed by atoms with E-state index in [1.165, 1.54) is 11.6 Å². The first-order chi connectivity index (χ1) is 16.0. The van der Waals surface area contributed by atoms with Crippen LogP contribution in [0.1, 0.15) is 23.2 Å². The van der Waals surface area contributed by atoms with Gasteiger partial charge in [0.05, 0.1) is 22.5 Å². The number of thiazole rings is 1. The molecule has 0 unspecified atom stereocenters. The van der Waals surface area contributed by atoms with Crippen LogP contribution in [-0.4, -0.2) is 51.8 Å². The zero-order chi connectivity index (χ0) is 22.9. The first-order valence-corrected chi connectivity index (χ1v) is 12.0. The summed E-state index contributed by atoms with van der Waals surface area (Å²) in [7, 11) is 0. The van der Waals surface area contributed by atoms with Gasteiger partial charge in [0.25, 0.3) is 0 Å². The molecule has 5 rings (SSSR count). The van der Waals surface area contributed by atoms with E-state index in [0.717, 1.165) is 39.8 Å². The number of amides is 1. The molecular formula is C25H26FN5OS. The van der Waals surface area contributed by atoms with Crippen molar-refractivity contribution in [1.29, 1.82) is 0 Å². The molecule has 1 aliphatic rings. The molecule has 33 heavy (non-hydrogen) atoms. The summed E-state index contributed by atoms with van der Waals surface area (Å²) < 4.78 is 17.0. The molecule has 2 aromatic heterocycles. The number of benzene rings is 2. The van der Waals surface area contributed by atoms with Gasteiger partial charge in [-0.05, 0) is 49.6 Å². The summed E-state index contributed by atoms with van der Waals surface area (Å²) >= 11 is 1.65. The average Bonchev–Trinajstić information content (AvgIpc) is 3.26. The quantitative estimate of drug-likeness (QED) is 0.447. The van der Waals surface area contributed by atoms with Crippen molar-refractivity contribution in [1.82, 2.24) is 19.7 Å². The first-order valence-electron chi connectivity index (χ1n) is 11.2. The largest absolute Gasteiger partial charge is 0.346 e. The molecule has 4 aromatic rings. The summed E-state index contributed by atoms with van der Waals surface area (Å²) in [6.45, 7) is 6.89. The number of fused-ring (bicyclic) bond motifs is 1. The molecule has 0 spiro atoms. The minimum atomic E-state index is -0.324. The lowest BCUT2D eigenvalue weighted by atomic mass is 10.1. The van der Waals surface area contributed by atoms with Gasteiger partial charge in [-0.3, -0.25) is 4.79 Å². The molecule has 0 aliphatic carbocycles. The van der Waals surface area contributed by atoms with Crippen LogP contribution in [0.4, 0.5) is 9.52 Å². The molecule has 0 saturated carbocycles. The zero-order valence-corrected chi connectivity index (χ0v) is 19.6. The lowest BCUT2D eigenvalue weighted by Gasteiger charge is -2.22. The molecule has 1 amide bonds. The van der Waals surface area contributed by atoms with E-state index in [4.69, 9.17) is 10.1 Å². The van der Waals surface area contributed by atoms with Crippen LogP contribution in [0.25, 0.3) is 16.0 Å². The minimum absolute atomic E-state index is 0.0304. The Labute approximate surface area is 196 Å². The fourth-order valence-corrected chi connectivity index (χ4v) is 5.31. The minimum Gasteiger partial charge on any atom is -0.346 e. The van der Waals surface area contributed by atoms with Gasteiger partial charge in [0, 0.05) is 26.2 Å². The van der Waals surface area contributed by atoms with Crippen molar-refractivity contribution in [2.45, 2.75) is 26.7 Å². The van der Waals surface area contributed by atoms with E-state index in [1.54, 1.807) is 29.5 Å². The van der Waals surface area contributed by atoms with Crippen LogP contribution in [0, 0.1) is 19.7 Å². The molecule has 1 aliphatic heterocycles. The molecule has 1 fully saturated rings. The fraction of sp³-hybridized carbons (Fsp3) is 0.320. The summed E-state index contributed by atoms with van der Waals surface area (Å²) in [5, 5.41) is 5.66. The lowest BCUT2D eigenvalue weighted by Crippen LogP contribution is -2.36. The highest BCUT2D eigenvalue weighted by molar-refractivity contribution is 7.22. The van der Waals surface area contributed by atoms with Crippen molar-refractivity contribution < 1.29 is 9.18 Å². The van der Waals surface area contributed by atoms with Crippen LogP contribution in [0.3, 0.4) is 0 Å². The number of anilines is 1. The number of aryl methyl sites for hydroxylation is 2. The normalized spacial score (nSPS) is 14.6. The molecule has 0 atom stereocenters. The second-order valence-electron chi connectivity index (χ2n) is 8.47. The number of aromatic nitrogens is 3. The predicted molar refractivity (Wildman–Crippen MR) is 130 cm³/mol. The fourth-order valence-electron chi connectivity index (χ4n) is 4.27. The number of hydrogen-bond acceptors (Lipinski definition) is 5. The topological polar surface area (TPSA) is 54.3 Å². The summed E-state index contributed by atoms with van der Waals surface area (Å²) in [4.78, 5) is 21.8. The van der Waals surface area contributed by atoms with Crippen molar-refractivity contribution in [3.63, 3.8) is 0 Å². The third-order valence-corrected chi connectivity index (χ3v) is 7.26. The van der Waals surface area contributed by atoms with Gasteiger partial charge in [0.1, 0.15) is 5.82 Å². The van der Waals surface area contributed by atoms with E-state index >= 15 is 0 Å². The van der Waals surface area contributed by atoms with Gasteiger partial charge >= 0.3 is 0 Å². The van der Waals surface area contributed by atoms with Gasteiger partial charge < -0.3 is 9.80 Å². The van der Waals surface area contributed by atoms with Gasteiger partial charge in [-0.15, -0.1) is 0 Å². The summed E-state index contributed by atoms with van der Waals surface area (Å²) in [6, 6.07) is 14.7. The summed E-state index contributed by atoms with van der Waals surface area (Å²) in [6.07, 6.45) is 0.946. The number of carbonyl (C=O) groups excluding carboxylic acids is 1. The maximum Gasteiger partial charge on any atom is 0.227 e. The van der Waals surface area contributed by atoms with Crippen molar-refractivity contribution in [2.75, 3.05) is 31.1 Å². The Hall–Kier alpha value is -3.26. The summed E-state index contributed by atoms with van der Waals surface area (Å²) in [5.74, 6) is -0.355. The number of nitrogens with zero attached hydrogens (tertiary/aromatic N) is 5. The van der Waals surface area contributed by atoms with Crippen LogP contribution in [0.2, 0.25) is 0 Å². The van der Waals surface area contributed by atoms with E-state index in [-0.39, 0.29) is 18.1 Å². The second-order valence-corrected chi connectivity index (χ2v) is 9.45. The van der Waals surface area contributed by atoms with Crippen LogP contribution >= 0.6 is 11.3 Å². The number of halogens is 1. The Morgan fingerprint density at radius 2 is 1.91 bits per heavy atom. The van der Waals surface area contributed by atoms with Crippen molar-refractivity contribution in [2.24, 2.45) is 0 Å². The molecule has 0 radical (unpaired) electrons. The van der Waals surface area contributed by atoms with E-state index in [0.29, 0.717) is 25.2 Å². The predicted octanol–water partition coefficient (Wildman–Crippen LogP) is 4.52. The molecule has 6 nitrogen and oxygen atoms in total. The van der Waals surface area contributed by atoms with Crippen molar-refractivity contribution in [3.05, 3.63) is 71.2 Å². The van der Waals surface area contributed by atoms with Gasteiger partial charge in [0.2, 0.25) is 5.91 Å². The van der Waals surface area contributed by atoms with Crippen LogP contribution < -0.4 is 4.90 Å². The van der Waals surface area contributed by atoms with Crippen LogP contribution in [-0.2, 0) is 11.2 Å². The van der Waals surface area contributed by atoms with E-state index in [1.807, 2.05) is 28.6 Å². The van der Waals surface area contributed by atoms with Gasteiger partial charge in [0.15, 0.2) is 10.8 Å². The summed E-state index contributed by atoms with van der Waals surface area (Å²) in [5.41, 5.74) is 4.47. The molecule has 2 aromatic carbocycles. The highest BCUT2D eigenvalue weighted by Crippen LogP contribution is 2.33. The smallest absolute Gasteiger partial charge is 0.227 e. The Morgan fingerprint density at radius 3 is 2.73 bits per heavy atom. The number of hydrogen-bond donors (Lipinski definition) is 0. The molecule has 0 N–H and O–H groups in total. The van der Waals surface area contributed by atoms with E-state index in [9.17, 15) is 9.18 Å². The monoisotopic (exact) mass is 463 g/mol. The van der Waals surface area contributed by atoms with Gasteiger partial charge in [-0.25, -0.2) is 9.07 Å². The molecule has 1 saturated heterocycles. The Morgan fingerprint density at radius 1 is 1.06 bits per heavy atom. The molecule has 3 heterocycles. The zero-order valence-electron chi connectivity index (χ0n) is 18.8. The van der Waals surface area contributed by atoms with E-state index < -0.39 is 0 Å². The van der Waals surface area contributed by atoms with E-state index in [2.05, 4.69) is 24.0 Å². The second kappa shape index (κ2) is 8.94. The van der Waals surface area contributed by atoms with Crippen molar-refractivity contribution >= 4 is 32.7 Å². The van der Waals surface area contributed by atoms with Crippen LogP contribution in [0.15, 0.2) is 48.5 Å². The Kier molecular flexibility index (Phi) is 5.85. The maximum atomic E-state index is 14.0. The highest BCUT2D eigenvalue weighted by Gasteiger charge is 2.23. The van der Waals surface area contributed by atoms with Gasteiger partial charge in [-0.1, -0.05) is 41.7 Å². The highest BCUT2D eigenvalue weighted by atomic mass is 32.1. The van der Waals surface area contributed by atoms with Crippen molar-refractivity contribution in [3.8, 4) is 5.69 Å². The first kappa shape index (κ1) is 21.6. The number of rotatable bonds is 4. The third kappa shape index (κ3) is 4.35. The lowest BCUT2D eigenvalue weighted by molar-refractivity contribution is -0.130. The maximum absolute atomic E-state index is 14.0. The molecular weight excluding hydrogens is 437 g/mol. The Balaban J connectivity index is 1.33. The Bertz CT molecular complexity index is 1310. The van der Waals surface area contributed by atoms with Gasteiger partial charge in [-0.2, -0.15) is 10.1 Å². The third-order valence-electron chi connectivity index (χ3n) is 6.04. The standard InChI is InChI=1S/C25H26FN5OS/c1-17-7-5-9-20(15-17)31-24-23(18(2)28-31)33-25(27-24)30-12-6-11-29(13-14-30)22(32)16-19-8-3-4-10-21(19)26/h3-5,7-10,15H,6,11-14,16H2,1-2H3. The SMILES string of the molecule is Cc1cccc(-n2nc(C)c3sc(N4CCCN(C(=O)Cc5ccccc5F)CC4)nc32)c1. The number of carbonyl (C=O) groups is 1.